The molecule has 0 aromatic heterocycles. The number of hydrogen-bond acceptors (Lipinski definition) is 4. The Morgan fingerprint density at radius 2 is 2.29 bits per heavy atom. The average Bonchev–Trinajstić information content (AvgIpc) is 2.49. The molecule has 0 aliphatic carbocycles. The molecule has 1 saturated heterocycles. The quantitative estimate of drug-likeness (QED) is 0.721. The summed E-state index contributed by atoms with van der Waals surface area (Å²) in [6, 6.07) is 5.79. The van der Waals surface area contributed by atoms with Crippen LogP contribution < -0.4 is 5.32 Å². The zero-order valence-electron chi connectivity index (χ0n) is 12.3. The first kappa shape index (κ1) is 14.4. The summed E-state index contributed by atoms with van der Waals surface area (Å²) in [5, 5.41) is 23.3. The highest BCUT2D eigenvalue weighted by atomic mass is 16.3. The van der Waals surface area contributed by atoms with Crippen molar-refractivity contribution in [3.8, 4) is 0 Å². The average molecular weight is 290 g/mol. The van der Waals surface area contributed by atoms with Crippen LogP contribution >= 0.6 is 0 Å². The highest BCUT2D eigenvalue weighted by Gasteiger charge is 2.38. The van der Waals surface area contributed by atoms with E-state index >= 15 is 0 Å². The lowest BCUT2D eigenvalue weighted by molar-refractivity contribution is -0.0999. The molecule has 2 aliphatic heterocycles. The van der Waals surface area contributed by atoms with E-state index in [2.05, 4.69) is 5.32 Å². The number of hydrogen-bond donors (Lipinski definition) is 3. The maximum absolute atomic E-state index is 12.7. The Hall–Kier alpha value is -1.59. The number of carbonyl (C=O) groups is 1. The topological polar surface area (TPSA) is 72.8 Å². The molecule has 3 N–H and O–H groups in total. The molecule has 0 radical (unpaired) electrons. The number of para-hydroxylation sites is 1. The van der Waals surface area contributed by atoms with Crippen molar-refractivity contribution >= 4 is 11.6 Å². The third kappa shape index (κ3) is 2.63. The summed E-state index contributed by atoms with van der Waals surface area (Å²) in [5.74, 6) is -0.0733. The van der Waals surface area contributed by atoms with Gasteiger partial charge in [0, 0.05) is 19.6 Å². The van der Waals surface area contributed by atoms with Crippen molar-refractivity contribution in [3.63, 3.8) is 0 Å². The Morgan fingerprint density at radius 3 is 3.05 bits per heavy atom. The minimum atomic E-state index is -1.11. The second-order valence-electron chi connectivity index (χ2n) is 6.24. The summed E-state index contributed by atoms with van der Waals surface area (Å²) >= 11 is 0. The standard InChI is InChI=1S/C16H22N2O3/c1-16(21)7-9-18(10-13(16)19)15(20)12-6-2-4-11-5-3-8-17-14(11)12/h2,4,6,13,17,19,21H,3,5,7-10H2,1H3/t13-,16-/m0/s1. The van der Waals surface area contributed by atoms with Crippen LogP contribution in [0.5, 0.6) is 0 Å². The van der Waals surface area contributed by atoms with Crippen molar-refractivity contribution in [3.05, 3.63) is 29.3 Å². The lowest BCUT2D eigenvalue weighted by Gasteiger charge is -2.40. The Labute approximate surface area is 124 Å². The van der Waals surface area contributed by atoms with Crippen LogP contribution in [0.25, 0.3) is 0 Å². The van der Waals surface area contributed by atoms with Crippen LogP contribution in [0.1, 0.15) is 35.7 Å². The van der Waals surface area contributed by atoms with Gasteiger partial charge < -0.3 is 20.4 Å². The van der Waals surface area contributed by atoms with Crippen molar-refractivity contribution in [2.24, 2.45) is 0 Å². The van der Waals surface area contributed by atoms with Gasteiger partial charge in [0.25, 0.3) is 5.91 Å². The maximum Gasteiger partial charge on any atom is 0.256 e. The van der Waals surface area contributed by atoms with E-state index in [1.54, 1.807) is 11.8 Å². The van der Waals surface area contributed by atoms with Gasteiger partial charge in [-0.2, -0.15) is 0 Å². The minimum Gasteiger partial charge on any atom is -0.388 e. The number of nitrogens with one attached hydrogen (secondary N) is 1. The summed E-state index contributed by atoms with van der Waals surface area (Å²) < 4.78 is 0. The second kappa shape index (κ2) is 5.31. The lowest BCUT2D eigenvalue weighted by Crippen LogP contribution is -2.55. The number of aryl methyl sites for hydroxylation is 1. The number of rotatable bonds is 1. The molecule has 2 heterocycles. The van der Waals surface area contributed by atoms with Crippen LogP contribution in [0.3, 0.4) is 0 Å². The van der Waals surface area contributed by atoms with Gasteiger partial charge in [-0.05, 0) is 37.8 Å². The van der Waals surface area contributed by atoms with E-state index in [1.807, 2.05) is 18.2 Å². The fourth-order valence-electron chi connectivity index (χ4n) is 3.07. The Kier molecular flexibility index (Phi) is 3.63. The van der Waals surface area contributed by atoms with Crippen molar-refractivity contribution in [2.45, 2.75) is 37.9 Å². The van der Waals surface area contributed by atoms with Gasteiger partial charge in [0.05, 0.1) is 23.0 Å². The van der Waals surface area contributed by atoms with Crippen LogP contribution in [-0.2, 0) is 6.42 Å². The van der Waals surface area contributed by atoms with Gasteiger partial charge >= 0.3 is 0 Å². The first-order valence-electron chi connectivity index (χ1n) is 7.54. The Balaban J connectivity index is 1.83. The molecule has 1 aromatic rings. The summed E-state index contributed by atoms with van der Waals surface area (Å²) in [6.07, 6.45) is 1.56. The number of β-amino-alcohol motifs (C(OH)–C–C–N with tert-alkyl or cyclic N) is 1. The van der Waals surface area contributed by atoms with E-state index in [9.17, 15) is 15.0 Å². The molecular weight excluding hydrogens is 268 g/mol. The SMILES string of the molecule is C[C@]1(O)CCN(C(=O)c2cccc3c2NCCC3)C[C@@H]1O. The zero-order valence-corrected chi connectivity index (χ0v) is 12.3. The first-order valence-corrected chi connectivity index (χ1v) is 7.54. The number of carbonyl (C=O) groups excluding carboxylic acids is 1. The highest BCUT2D eigenvalue weighted by molar-refractivity contribution is 6.00. The molecule has 0 unspecified atom stereocenters. The monoisotopic (exact) mass is 290 g/mol. The van der Waals surface area contributed by atoms with Crippen LogP contribution in [0.15, 0.2) is 18.2 Å². The molecule has 21 heavy (non-hydrogen) atoms. The number of likely N-dealkylation sites (tertiary alicyclic amines) is 1. The number of aliphatic hydroxyl groups is 2. The van der Waals surface area contributed by atoms with Crippen LogP contribution in [0.2, 0.25) is 0 Å². The van der Waals surface area contributed by atoms with Gasteiger partial charge in [-0.25, -0.2) is 0 Å². The Bertz CT molecular complexity index is 556. The number of anilines is 1. The molecular formula is C16H22N2O3. The van der Waals surface area contributed by atoms with E-state index in [0.29, 0.717) is 18.5 Å². The van der Waals surface area contributed by atoms with Gasteiger partial charge in [0.1, 0.15) is 0 Å². The number of piperidine rings is 1. The van der Waals surface area contributed by atoms with Crippen molar-refractivity contribution in [2.75, 3.05) is 25.0 Å². The van der Waals surface area contributed by atoms with Gasteiger partial charge in [-0.3, -0.25) is 4.79 Å². The van der Waals surface area contributed by atoms with E-state index in [1.165, 1.54) is 5.56 Å². The molecule has 2 aliphatic rings. The predicted octanol–water partition coefficient (Wildman–Crippen LogP) is 1.00. The third-order valence-corrected chi connectivity index (χ3v) is 4.59. The van der Waals surface area contributed by atoms with Crippen molar-refractivity contribution in [1.82, 2.24) is 4.90 Å². The predicted molar refractivity (Wildman–Crippen MR) is 80.4 cm³/mol. The van der Waals surface area contributed by atoms with E-state index in [-0.39, 0.29) is 12.5 Å². The normalized spacial score (nSPS) is 28.7. The van der Waals surface area contributed by atoms with E-state index < -0.39 is 11.7 Å². The maximum atomic E-state index is 12.7. The molecule has 0 saturated carbocycles. The molecule has 2 atom stereocenters. The second-order valence-corrected chi connectivity index (χ2v) is 6.24. The minimum absolute atomic E-state index is 0.0733. The molecule has 114 valence electrons. The summed E-state index contributed by atoms with van der Waals surface area (Å²) in [5.41, 5.74) is 1.67. The van der Waals surface area contributed by atoms with Gasteiger partial charge in [0.15, 0.2) is 0 Å². The summed E-state index contributed by atoms with van der Waals surface area (Å²) in [7, 11) is 0. The molecule has 1 aromatic carbocycles. The number of amides is 1. The molecule has 5 heteroatoms. The molecule has 1 amide bonds. The van der Waals surface area contributed by atoms with Crippen LogP contribution in [-0.4, -0.2) is 52.4 Å². The molecule has 0 spiro atoms. The largest absolute Gasteiger partial charge is 0.388 e. The number of aliphatic hydroxyl groups excluding tert-OH is 1. The number of nitrogens with zero attached hydrogens (tertiary/aromatic N) is 1. The van der Waals surface area contributed by atoms with Crippen LogP contribution in [0, 0.1) is 0 Å². The molecule has 3 rings (SSSR count). The van der Waals surface area contributed by atoms with Gasteiger partial charge in [-0.1, -0.05) is 12.1 Å². The Morgan fingerprint density at radius 1 is 1.48 bits per heavy atom. The lowest BCUT2D eigenvalue weighted by atomic mass is 9.90. The smallest absolute Gasteiger partial charge is 0.256 e. The van der Waals surface area contributed by atoms with Gasteiger partial charge in [-0.15, -0.1) is 0 Å². The van der Waals surface area contributed by atoms with Crippen molar-refractivity contribution < 1.29 is 15.0 Å². The molecule has 0 bridgehead atoms. The molecule has 5 nitrogen and oxygen atoms in total. The zero-order chi connectivity index (χ0) is 15.0. The van der Waals surface area contributed by atoms with Gasteiger partial charge in [0.2, 0.25) is 0 Å². The van der Waals surface area contributed by atoms with Crippen LogP contribution in [0.4, 0.5) is 5.69 Å². The number of fused-ring (bicyclic) bond motifs is 1. The summed E-state index contributed by atoms with van der Waals surface area (Å²) in [6.45, 7) is 3.14. The third-order valence-electron chi connectivity index (χ3n) is 4.59. The fraction of sp³-hybridized carbons (Fsp3) is 0.562. The summed E-state index contributed by atoms with van der Waals surface area (Å²) in [4.78, 5) is 14.4. The van der Waals surface area contributed by atoms with E-state index in [4.69, 9.17) is 0 Å². The molecule has 1 fully saturated rings. The van der Waals surface area contributed by atoms with Crippen molar-refractivity contribution in [1.29, 1.82) is 0 Å². The highest BCUT2D eigenvalue weighted by Crippen LogP contribution is 2.29. The number of benzene rings is 1. The fourth-order valence-corrected chi connectivity index (χ4v) is 3.07. The first-order chi connectivity index (χ1) is 9.99. The van der Waals surface area contributed by atoms with E-state index in [0.717, 1.165) is 25.1 Å².